The number of rotatable bonds is 2. The van der Waals surface area contributed by atoms with Gasteiger partial charge in [0.05, 0.1) is 6.04 Å². The first-order valence-electron chi connectivity index (χ1n) is 5.04. The molecule has 0 radical (unpaired) electrons. The van der Waals surface area contributed by atoms with Crippen molar-refractivity contribution in [1.29, 1.82) is 0 Å². The van der Waals surface area contributed by atoms with Crippen LogP contribution in [-0.4, -0.2) is 0 Å². The second kappa shape index (κ2) is 4.82. The van der Waals surface area contributed by atoms with E-state index in [0.717, 1.165) is 0 Å². The van der Waals surface area contributed by atoms with E-state index in [9.17, 15) is 8.78 Å². The standard InChI is InChI=1S/C13H10ClF2N/c14-9-3-6-12(16)11(7-9)13(17)8-1-4-10(15)5-2-8/h1-7,13H,17H2. The quantitative estimate of drug-likeness (QED) is 0.868. The Morgan fingerprint density at radius 3 is 2.29 bits per heavy atom. The number of halogens is 3. The molecule has 0 saturated heterocycles. The largest absolute Gasteiger partial charge is 0.320 e. The van der Waals surface area contributed by atoms with E-state index in [4.69, 9.17) is 17.3 Å². The van der Waals surface area contributed by atoms with Crippen molar-refractivity contribution in [1.82, 2.24) is 0 Å². The Balaban J connectivity index is 2.39. The van der Waals surface area contributed by atoms with Crippen LogP contribution >= 0.6 is 11.6 Å². The maximum Gasteiger partial charge on any atom is 0.128 e. The molecule has 2 aromatic rings. The molecule has 88 valence electrons. The lowest BCUT2D eigenvalue weighted by molar-refractivity contribution is 0.598. The van der Waals surface area contributed by atoms with Crippen LogP contribution < -0.4 is 5.73 Å². The highest BCUT2D eigenvalue weighted by atomic mass is 35.5. The summed E-state index contributed by atoms with van der Waals surface area (Å²) in [5.74, 6) is -0.779. The van der Waals surface area contributed by atoms with Crippen LogP contribution in [0.2, 0.25) is 5.02 Å². The maximum atomic E-state index is 13.6. The molecule has 0 aliphatic rings. The second-order valence-corrected chi connectivity index (χ2v) is 4.13. The Labute approximate surface area is 103 Å². The maximum absolute atomic E-state index is 13.6. The molecule has 4 heteroatoms. The van der Waals surface area contributed by atoms with Crippen molar-refractivity contribution in [3.8, 4) is 0 Å². The molecule has 2 aromatic carbocycles. The van der Waals surface area contributed by atoms with Gasteiger partial charge >= 0.3 is 0 Å². The normalized spacial score (nSPS) is 12.5. The molecular weight excluding hydrogens is 244 g/mol. The molecule has 0 aliphatic carbocycles. The molecule has 0 heterocycles. The molecule has 0 aliphatic heterocycles. The number of benzene rings is 2. The van der Waals surface area contributed by atoms with Crippen LogP contribution in [0, 0.1) is 11.6 Å². The molecule has 0 amide bonds. The molecule has 0 fully saturated rings. The number of hydrogen-bond acceptors (Lipinski definition) is 1. The average molecular weight is 254 g/mol. The summed E-state index contributed by atoms with van der Waals surface area (Å²) in [5, 5.41) is 0.416. The third-order valence-electron chi connectivity index (χ3n) is 2.52. The monoisotopic (exact) mass is 253 g/mol. The summed E-state index contributed by atoms with van der Waals surface area (Å²) < 4.78 is 26.3. The third kappa shape index (κ3) is 2.62. The Hall–Kier alpha value is -1.45. The first-order valence-corrected chi connectivity index (χ1v) is 5.41. The Bertz CT molecular complexity index is 525. The fraction of sp³-hybridized carbons (Fsp3) is 0.0769. The van der Waals surface area contributed by atoms with Gasteiger partial charge in [0.2, 0.25) is 0 Å². The predicted molar refractivity (Wildman–Crippen MR) is 63.8 cm³/mol. The fourth-order valence-corrected chi connectivity index (χ4v) is 1.78. The smallest absolute Gasteiger partial charge is 0.128 e. The van der Waals surface area contributed by atoms with Gasteiger partial charge in [-0.25, -0.2) is 8.78 Å². The van der Waals surface area contributed by atoms with Crippen LogP contribution in [0.15, 0.2) is 42.5 Å². The van der Waals surface area contributed by atoms with Gasteiger partial charge in [-0.2, -0.15) is 0 Å². The van der Waals surface area contributed by atoms with Gasteiger partial charge in [0.1, 0.15) is 11.6 Å². The first-order chi connectivity index (χ1) is 8.08. The number of hydrogen-bond donors (Lipinski definition) is 1. The molecule has 0 bridgehead atoms. The summed E-state index contributed by atoms with van der Waals surface area (Å²) in [6, 6.07) is 9.17. The highest BCUT2D eigenvalue weighted by Gasteiger charge is 2.14. The van der Waals surface area contributed by atoms with E-state index in [0.29, 0.717) is 16.1 Å². The van der Waals surface area contributed by atoms with Crippen molar-refractivity contribution in [2.24, 2.45) is 5.73 Å². The minimum absolute atomic E-state index is 0.295. The molecule has 0 spiro atoms. The third-order valence-corrected chi connectivity index (χ3v) is 2.76. The topological polar surface area (TPSA) is 26.0 Å². The molecule has 1 nitrogen and oxygen atoms in total. The molecule has 1 atom stereocenters. The van der Waals surface area contributed by atoms with Crippen LogP contribution in [0.5, 0.6) is 0 Å². The van der Waals surface area contributed by atoms with E-state index in [1.807, 2.05) is 0 Å². The van der Waals surface area contributed by atoms with Crippen molar-refractivity contribution in [3.05, 3.63) is 70.2 Å². The SMILES string of the molecule is NC(c1ccc(F)cc1)c1cc(Cl)ccc1F. The summed E-state index contributed by atoms with van der Waals surface area (Å²) in [5.41, 5.74) is 6.84. The first kappa shape index (κ1) is 12.0. The highest BCUT2D eigenvalue weighted by Crippen LogP contribution is 2.25. The van der Waals surface area contributed by atoms with Gasteiger partial charge in [-0.05, 0) is 35.9 Å². The molecular formula is C13H10ClF2N. The predicted octanol–water partition coefficient (Wildman–Crippen LogP) is 3.67. The van der Waals surface area contributed by atoms with Gasteiger partial charge in [-0.1, -0.05) is 23.7 Å². The Morgan fingerprint density at radius 1 is 1.00 bits per heavy atom. The van der Waals surface area contributed by atoms with Crippen LogP contribution in [0.4, 0.5) is 8.78 Å². The van der Waals surface area contributed by atoms with Gasteiger partial charge in [0, 0.05) is 10.6 Å². The van der Waals surface area contributed by atoms with E-state index < -0.39 is 11.9 Å². The van der Waals surface area contributed by atoms with Gasteiger partial charge in [-0.3, -0.25) is 0 Å². The van der Waals surface area contributed by atoms with Gasteiger partial charge in [0.25, 0.3) is 0 Å². The van der Waals surface area contributed by atoms with Crippen LogP contribution in [0.25, 0.3) is 0 Å². The Kier molecular flexibility index (Phi) is 3.41. The van der Waals surface area contributed by atoms with Crippen LogP contribution in [0.1, 0.15) is 17.2 Å². The zero-order chi connectivity index (χ0) is 12.4. The fourth-order valence-electron chi connectivity index (χ4n) is 1.60. The molecule has 0 aromatic heterocycles. The van der Waals surface area contributed by atoms with Crippen molar-refractivity contribution in [2.75, 3.05) is 0 Å². The van der Waals surface area contributed by atoms with Crippen molar-refractivity contribution in [3.63, 3.8) is 0 Å². The molecule has 17 heavy (non-hydrogen) atoms. The molecule has 0 saturated carbocycles. The van der Waals surface area contributed by atoms with E-state index in [2.05, 4.69) is 0 Å². The zero-order valence-corrected chi connectivity index (χ0v) is 9.59. The van der Waals surface area contributed by atoms with E-state index >= 15 is 0 Å². The van der Waals surface area contributed by atoms with Gasteiger partial charge < -0.3 is 5.73 Å². The lowest BCUT2D eigenvalue weighted by atomic mass is 9.99. The van der Waals surface area contributed by atoms with E-state index in [1.54, 1.807) is 0 Å². The Morgan fingerprint density at radius 2 is 1.65 bits per heavy atom. The minimum Gasteiger partial charge on any atom is -0.320 e. The van der Waals surface area contributed by atoms with Crippen molar-refractivity contribution < 1.29 is 8.78 Å². The number of nitrogens with two attached hydrogens (primary N) is 1. The van der Waals surface area contributed by atoms with Gasteiger partial charge in [0.15, 0.2) is 0 Å². The summed E-state index contributed by atoms with van der Waals surface area (Å²) in [6.45, 7) is 0. The van der Waals surface area contributed by atoms with Gasteiger partial charge in [-0.15, -0.1) is 0 Å². The lowest BCUT2D eigenvalue weighted by Gasteiger charge is -2.13. The molecule has 2 N–H and O–H groups in total. The summed E-state index contributed by atoms with van der Waals surface area (Å²) in [6.07, 6.45) is 0. The van der Waals surface area contributed by atoms with E-state index in [-0.39, 0.29) is 5.82 Å². The summed E-state index contributed by atoms with van der Waals surface area (Å²) in [7, 11) is 0. The van der Waals surface area contributed by atoms with Crippen molar-refractivity contribution >= 4 is 11.6 Å². The zero-order valence-electron chi connectivity index (χ0n) is 8.83. The van der Waals surface area contributed by atoms with Crippen LogP contribution in [0.3, 0.4) is 0 Å². The summed E-state index contributed by atoms with van der Waals surface area (Å²) in [4.78, 5) is 0. The highest BCUT2D eigenvalue weighted by molar-refractivity contribution is 6.30. The van der Waals surface area contributed by atoms with Crippen molar-refractivity contribution in [2.45, 2.75) is 6.04 Å². The second-order valence-electron chi connectivity index (χ2n) is 3.70. The van der Waals surface area contributed by atoms with E-state index in [1.165, 1.54) is 42.5 Å². The molecule has 1 unspecified atom stereocenters. The molecule has 2 rings (SSSR count). The summed E-state index contributed by atoms with van der Waals surface area (Å²) >= 11 is 5.79. The van der Waals surface area contributed by atoms with Crippen LogP contribution in [-0.2, 0) is 0 Å². The minimum atomic E-state index is -0.658. The average Bonchev–Trinajstić information content (AvgIpc) is 2.32. The lowest BCUT2D eigenvalue weighted by Crippen LogP contribution is -2.13.